The van der Waals surface area contributed by atoms with Gasteiger partial charge in [0.1, 0.15) is 0 Å². The van der Waals surface area contributed by atoms with E-state index in [9.17, 15) is 4.79 Å². The quantitative estimate of drug-likeness (QED) is 0.816. The molecule has 2 N–H and O–H groups in total. The van der Waals surface area contributed by atoms with E-state index in [2.05, 4.69) is 22.8 Å². The first-order chi connectivity index (χ1) is 9.78. The Bertz CT molecular complexity index is 468. The summed E-state index contributed by atoms with van der Waals surface area (Å²) in [5, 5.41) is 6.69. The van der Waals surface area contributed by atoms with E-state index in [0.29, 0.717) is 5.11 Å². The Morgan fingerprint density at radius 2 is 1.86 bits per heavy atom. The molecule has 4 nitrogen and oxygen atoms in total. The third-order valence-electron chi connectivity index (χ3n) is 2.77. The zero-order valence-electron chi connectivity index (χ0n) is 13.3. The predicted octanol–water partition coefficient (Wildman–Crippen LogP) is 1.95. The lowest BCUT2D eigenvalue weighted by Crippen LogP contribution is -2.48. The van der Waals surface area contributed by atoms with Crippen LogP contribution in [-0.2, 0) is 11.2 Å². The van der Waals surface area contributed by atoms with E-state index in [4.69, 9.17) is 12.2 Å². The van der Waals surface area contributed by atoms with Crippen LogP contribution < -0.4 is 10.6 Å². The van der Waals surface area contributed by atoms with Crippen LogP contribution in [-0.4, -0.2) is 41.6 Å². The van der Waals surface area contributed by atoms with Gasteiger partial charge in [-0.05, 0) is 45.0 Å². The first-order valence-electron chi connectivity index (χ1n) is 7.12. The molecule has 0 saturated heterocycles. The SMILES string of the molecule is CN(CC(=O)NC(C)(C)C)C(=S)NCCc1ccccc1. The number of carbonyl (C=O) groups excluding carboxylic acids is 1. The van der Waals surface area contributed by atoms with Crippen molar-refractivity contribution >= 4 is 23.2 Å². The van der Waals surface area contributed by atoms with Gasteiger partial charge in [0.05, 0.1) is 6.54 Å². The standard InChI is InChI=1S/C16H25N3OS/c1-16(2,3)18-14(20)12-19(4)15(21)17-11-10-13-8-6-5-7-9-13/h5-9H,10-12H2,1-4H3,(H,17,21)(H,18,20). The second kappa shape index (κ2) is 7.98. The van der Waals surface area contributed by atoms with E-state index in [0.717, 1.165) is 13.0 Å². The Hall–Kier alpha value is -1.62. The van der Waals surface area contributed by atoms with Crippen LogP contribution in [0.5, 0.6) is 0 Å². The molecule has 1 aromatic carbocycles. The van der Waals surface area contributed by atoms with Gasteiger partial charge < -0.3 is 15.5 Å². The van der Waals surface area contributed by atoms with E-state index in [-0.39, 0.29) is 18.0 Å². The molecule has 0 aromatic heterocycles. The number of nitrogens with zero attached hydrogens (tertiary/aromatic N) is 1. The number of nitrogens with one attached hydrogen (secondary N) is 2. The summed E-state index contributed by atoms with van der Waals surface area (Å²) < 4.78 is 0. The summed E-state index contributed by atoms with van der Waals surface area (Å²) >= 11 is 5.29. The van der Waals surface area contributed by atoms with Crippen molar-refractivity contribution in [3.8, 4) is 0 Å². The molecule has 0 spiro atoms. The molecule has 5 heteroatoms. The average Bonchev–Trinajstić information content (AvgIpc) is 2.37. The van der Waals surface area contributed by atoms with E-state index < -0.39 is 0 Å². The molecule has 0 aliphatic heterocycles. The molecule has 0 unspecified atom stereocenters. The first kappa shape index (κ1) is 17.4. The average molecular weight is 307 g/mol. The minimum absolute atomic E-state index is 0.0304. The number of benzene rings is 1. The third-order valence-corrected chi connectivity index (χ3v) is 3.23. The summed E-state index contributed by atoms with van der Waals surface area (Å²) in [7, 11) is 1.82. The molecule has 0 bridgehead atoms. The fourth-order valence-electron chi connectivity index (χ4n) is 1.84. The van der Waals surface area contributed by atoms with Gasteiger partial charge in [-0.15, -0.1) is 0 Å². The number of thiocarbonyl (C=S) groups is 1. The summed E-state index contributed by atoms with van der Waals surface area (Å²) in [6.07, 6.45) is 0.906. The van der Waals surface area contributed by atoms with Gasteiger partial charge in [0, 0.05) is 19.1 Å². The summed E-state index contributed by atoms with van der Waals surface area (Å²) in [6, 6.07) is 10.2. The lowest BCUT2D eigenvalue weighted by molar-refractivity contribution is -0.122. The molecule has 0 heterocycles. The molecule has 0 radical (unpaired) electrons. The Morgan fingerprint density at radius 1 is 1.24 bits per heavy atom. The Balaban J connectivity index is 2.29. The predicted molar refractivity (Wildman–Crippen MR) is 91.3 cm³/mol. The van der Waals surface area contributed by atoms with Crippen LogP contribution in [0.1, 0.15) is 26.3 Å². The van der Waals surface area contributed by atoms with Crippen LogP contribution in [0.3, 0.4) is 0 Å². The van der Waals surface area contributed by atoms with Gasteiger partial charge in [0.25, 0.3) is 0 Å². The number of rotatable bonds is 5. The minimum atomic E-state index is -0.222. The molecule has 1 amide bonds. The Morgan fingerprint density at radius 3 is 2.43 bits per heavy atom. The number of hydrogen-bond acceptors (Lipinski definition) is 2. The maximum atomic E-state index is 11.8. The molecular formula is C16H25N3OS. The second-order valence-electron chi connectivity index (χ2n) is 6.12. The number of likely N-dealkylation sites (N-methyl/N-ethyl adjacent to an activating group) is 1. The van der Waals surface area contributed by atoms with Gasteiger partial charge in [-0.2, -0.15) is 0 Å². The van der Waals surface area contributed by atoms with Crippen molar-refractivity contribution in [2.24, 2.45) is 0 Å². The van der Waals surface area contributed by atoms with Gasteiger partial charge in [0.15, 0.2) is 5.11 Å². The van der Waals surface area contributed by atoms with Gasteiger partial charge in [-0.3, -0.25) is 4.79 Å². The molecule has 0 fully saturated rings. The molecular weight excluding hydrogens is 282 g/mol. The molecule has 0 atom stereocenters. The lowest BCUT2D eigenvalue weighted by atomic mass is 10.1. The van der Waals surface area contributed by atoms with E-state index >= 15 is 0 Å². The molecule has 116 valence electrons. The summed E-state index contributed by atoms with van der Waals surface area (Å²) in [6.45, 7) is 6.90. The zero-order chi connectivity index (χ0) is 15.9. The highest BCUT2D eigenvalue weighted by molar-refractivity contribution is 7.80. The largest absolute Gasteiger partial charge is 0.362 e. The number of amides is 1. The van der Waals surface area contributed by atoms with Crippen LogP contribution in [0.2, 0.25) is 0 Å². The van der Waals surface area contributed by atoms with Gasteiger partial charge in [-0.25, -0.2) is 0 Å². The van der Waals surface area contributed by atoms with Crippen molar-refractivity contribution in [1.29, 1.82) is 0 Å². The summed E-state index contributed by atoms with van der Waals surface area (Å²) in [4.78, 5) is 13.6. The van der Waals surface area contributed by atoms with Crippen molar-refractivity contribution in [3.63, 3.8) is 0 Å². The maximum absolute atomic E-state index is 11.8. The molecule has 0 saturated carbocycles. The smallest absolute Gasteiger partial charge is 0.239 e. The van der Waals surface area contributed by atoms with Crippen molar-refractivity contribution < 1.29 is 4.79 Å². The van der Waals surface area contributed by atoms with Crippen molar-refractivity contribution in [2.75, 3.05) is 20.1 Å². The monoisotopic (exact) mass is 307 g/mol. The van der Waals surface area contributed by atoms with Crippen molar-refractivity contribution in [1.82, 2.24) is 15.5 Å². The van der Waals surface area contributed by atoms with E-state index in [1.807, 2.05) is 46.0 Å². The lowest BCUT2D eigenvalue weighted by Gasteiger charge is -2.25. The zero-order valence-corrected chi connectivity index (χ0v) is 14.1. The first-order valence-corrected chi connectivity index (χ1v) is 7.52. The van der Waals surface area contributed by atoms with Gasteiger partial charge >= 0.3 is 0 Å². The van der Waals surface area contributed by atoms with Crippen LogP contribution in [0.25, 0.3) is 0 Å². The van der Waals surface area contributed by atoms with Crippen molar-refractivity contribution in [3.05, 3.63) is 35.9 Å². The van der Waals surface area contributed by atoms with Crippen LogP contribution >= 0.6 is 12.2 Å². The van der Waals surface area contributed by atoms with Gasteiger partial charge in [0.2, 0.25) is 5.91 Å². The van der Waals surface area contributed by atoms with Crippen molar-refractivity contribution in [2.45, 2.75) is 32.7 Å². The van der Waals surface area contributed by atoms with Crippen LogP contribution in [0, 0.1) is 0 Å². The fourth-order valence-corrected chi connectivity index (χ4v) is 2.01. The topological polar surface area (TPSA) is 44.4 Å². The van der Waals surface area contributed by atoms with Crippen LogP contribution in [0.4, 0.5) is 0 Å². The highest BCUT2D eigenvalue weighted by Gasteiger charge is 2.16. The molecule has 1 aromatic rings. The molecule has 0 aliphatic rings. The number of hydrogen-bond donors (Lipinski definition) is 2. The molecule has 21 heavy (non-hydrogen) atoms. The van der Waals surface area contributed by atoms with Gasteiger partial charge in [-0.1, -0.05) is 30.3 Å². The third kappa shape index (κ3) is 7.66. The van der Waals surface area contributed by atoms with E-state index in [1.165, 1.54) is 5.56 Å². The molecule has 1 rings (SSSR count). The summed E-state index contributed by atoms with van der Waals surface area (Å²) in [5.41, 5.74) is 1.04. The van der Waals surface area contributed by atoms with E-state index in [1.54, 1.807) is 4.90 Å². The van der Waals surface area contributed by atoms with Crippen LogP contribution in [0.15, 0.2) is 30.3 Å². The normalized spacial score (nSPS) is 10.9. The Kier molecular flexibility index (Phi) is 6.62. The highest BCUT2D eigenvalue weighted by atomic mass is 32.1. The highest BCUT2D eigenvalue weighted by Crippen LogP contribution is 2.00. The fraction of sp³-hybridized carbons (Fsp3) is 0.500. The Labute approximate surface area is 132 Å². The summed E-state index contributed by atoms with van der Waals surface area (Å²) in [5.74, 6) is -0.0304. The second-order valence-corrected chi connectivity index (χ2v) is 6.51. The number of carbonyl (C=O) groups is 1. The molecule has 0 aliphatic carbocycles. The maximum Gasteiger partial charge on any atom is 0.239 e. The minimum Gasteiger partial charge on any atom is -0.362 e.